The normalized spacial score (nSPS) is 23.4. The summed E-state index contributed by atoms with van der Waals surface area (Å²) in [6, 6.07) is 0.291. The zero-order chi connectivity index (χ0) is 13.4. The Morgan fingerprint density at radius 2 is 2.28 bits per heavy atom. The number of amides is 1. The second kappa shape index (κ2) is 8.81. The fourth-order valence-electron chi connectivity index (χ4n) is 2.49. The van der Waals surface area contributed by atoms with Gasteiger partial charge in [0.15, 0.2) is 0 Å². The molecule has 1 rings (SSSR count). The van der Waals surface area contributed by atoms with Gasteiger partial charge in [0, 0.05) is 18.2 Å². The molecule has 18 heavy (non-hydrogen) atoms. The van der Waals surface area contributed by atoms with Crippen molar-refractivity contribution < 1.29 is 4.79 Å². The molecule has 0 aliphatic carbocycles. The molecule has 1 amide bonds. The molecule has 4 heteroatoms. The standard InChI is InChI=1S/C14H28N2OS/c1-4-18-10-12(3)16-14(17)8-11(2)13-6-5-7-15-9-13/h11-13,15H,4-10H2,1-3H3,(H,16,17). The van der Waals surface area contributed by atoms with Crippen LogP contribution in [0, 0.1) is 11.8 Å². The molecule has 1 aliphatic heterocycles. The highest BCUT2D eigenvalue weighted by Gasteiger charge is 2.22. The van der Waals surface area contributed by atoms with Crippen LogP contribution in [0.5, 0.6) is 0 Å². The highest BCUT2D eigenvalue weighted by Crippen LogP contribution is 2.22. The Balaban J connectivity index is 2.21. The number of carbonyl (C=O) groups excluding carboxylic acids is 1. The van der Waals surface area contributed by atoms with Gasteiger partial charge in [-0.2, -0.15) is 11.8 Å². The van der Waals surface area contributed by atoms with Gasteiger partial charge in [-0.15, -0.1) is 0 Å². The Kier molecular flexibility index (Phi) is 7.75. The predicted octanol–water partition coefficient (Wildman–Crippen LogP) is 2.27. The summed E-state index contributed by atoms with van der Waals surface area (Å²) in [7, 11) is 0. The van der Waals surface area contributed by atoms with Gasteiger partial charge in [-0.25, -0.2) is 0 Å². The molecule has 0 aromatic carbocycles. The Morgan fingerprint density at radius 1 is 1.50 bits per heavy atom. The fourth-order valence-corrected chi connectivity index (χ4v) is 3.17. The molecule has 1 heterocycles. The van der Waals surface area contributed by atoms with Crippen LogP contribution in [0.4, 0.5) is 0 Å². The lowest BCUT2D eigenvalue weighted by Gasteiger charge is -2.28. The van der Waals surface area contributed by atoms with Crippen LogP contribution in [0.2, 0.25) is 0 Å². The smallest absolute Gasteiger partial charge is 0.220 e. The number of nitrogens with one attached hydrogen (secondary N) is 2. The lowest BCUT2D eigenvalue weighted by molar-refractivity contribution is -0.122. The van der Waals surface area contributed by atoms with Gasteiger partial charge in [0.1, 0.15) is 0 Å². The van der Waals surface area contributed by atoms with Crippen LogP contribution in [-0.2, 0) is 4.79 Å². The maximum absolute atomic E-state index is 11.9. The van der Waals surface area contributed by atoms with Crippen molar-refractivity contribution in [2.24, 2.45) is 11.8 Å². The van der Waals surface area contributed by atoms with Crippen molar-refractivity contribution in [1.29, 1.82) is 0 Å². The zero-order valence-corrected chi connectivity index (χ0v) is 12.8. The van der Waals surface area contributed by atoms with Gasteiger partial charge >= 0.3 is 0 Å². The van der Waals surface area contributed by atoms with Gasteiger partial charge in [0.2, 0.25) is 5.91 Å². The van der Waals surface area contributed by atoms with Crippen molar-refractivity contribution >= 4 is 17.7 Å². The quantitative estimate of drug-likeness (QED) is 0.747. The molecule has 3 unspecified atom stereocenters. The van der Waals surface area contributed by atoms with Crippen LogP contribution in [0.15, 0.2) is 0 Å². The lowest BCUT2D eigenvalue weighted by Crippen LogP contribution is -2.38. The van der Waals surface area contributed by atoms with Gasteiger partial charge < -0.3 is 10.6 Å². The molecule has 0 aromatic rings. The average Bonchev–Trinajstić information content (AvgIpc) is 2.37. The molecule has 0 radical (unpaired) electrons. The molecule has 106 valence electrons. The van der Waals surface area contributed by atoms with Crippen LogP contribution in [0.1, 0.15) is 40.0 Å². The SMILES string of the molecule is CCSCC(C)NC(=O)CC(C)C1CCCNC1. The number of carbonyl (C=O) groups is 1. The molecule has 0 aromatic heterocycles. The third-order valence-electron chi connectivity index (χ3n) is 3.63. The summed E-state index contributed by atoms with van der Waals surface area (Å²) in [6.45, 7) is 8.67. The van der Waals surface area contributed by atoms with Gasteiger partial charge in [0.05, 0.1) is 0 Å². The molecular formula is C14H28N2OS. The predicted molar refractivity (Wildman–Crippen MR) is 80.0 cm³/mol. The van der Waals surface area contributed by atoms with E-state index in [0.717, 1.165) is 24.6 Å². The minimum absolute atomic E-state index is 0.220. The number of rotatable bonds is 7. The van der Waals surface area contributed by atoms with E-state index >= 15 is 0 Å². The largest absolute Gasteiger partial charge is 0.353 e. The van der Waals surface area contributed by atoms with Gasteiger partial charge in [-0.1, -0.05) is 13.8 Å². The van der Waals surface area contributed by atoms with Crippen LogP contribution in [0.3, 0.4) is 0 Å². The second-order valence-electron chi connectivity index (χ2n) is 5.42. The average molecular weight is 272 g/mol. The van der Waals surface area contributed by atoms with E-state index in [2.05, 4.69) is 31.4 Å². The Bertz CT molecular complexity index is 242. The van der Waals surface area contributed by atoms with E-state index in [1.807, 2.05) is 11.8 Å². The van der Waals surface area contributed by atoms with Crippen molar-refractivity contribution in [3.05, 3.63) is 0 Å². The number of hydrogen-bond acceptors (Lipinski definition) is 3. The van der Waals surface area contributed by atoms with Crippen molar-refractivity contribution in [3.63, 3.8) is 0 Å². The number of piperidine rings is 1. The maximum Gasteiger partial charge on any atom is 0.220 e. The Labute approximate surface area is 116 Å². The Hall–Kier alpha value is -0.220. The van der Waals surface area contributed by atoms with Crippen molar-refractivity contribution in [1.82, 2.24) is 10.6 Å². The summed E-state index contributed by atoms with van der Waals surface area (Å²) in [5.41, 5.74) is 0. The third-order valence-corrected chi connectivity index (χ3v) is 4.77. The highest BCUT2D eigenvalue weighted by molar-refractivity contribution is 7.99. The minimum atomic E-state index is 0.220. The van der Waals surface area contributed by atoms with E-state index in [1.54, 1.807) is 0 Å². The van der Waals surface area contributed by atoms with Crippen molar-refractivity contribution in [2.45, 2.75) is 46.1 Å². The Morgan fingerprint density at radius 3 is 2.89 bits per heavy atom. The molecule has 1 saturated heterocycles. The summed E-state index contributed by atoms with van der Waals surface area (Å²) in [5.74, 6) is 3.51. The molecule has 1 aliphatic rings. The summed E-state index contributed by atoms with van der Waals surface area (Å²) in [5, 5.41) is 6.53. The first-order valence-electron chi connectivity index (χ1n) is 7.21. The molecular weight excluding hydrogens is 244 g/mol. The first kappa shape index (κ1) is 15.8. The van der Waals surface area contributed by atoms with Crippen LogP contribution < -0.4 is 10.6 Å². The summed E-state index contributed by atoms with van der Waals surface area (Å²) < 4.78 is 0. The van der Waals surface area contributed by atoms with E-state index in [-0.39, 0.29) is 5.91 Å². The van der Waals surface area contributed by atoms with Gasteiger partial charge in [-0.3, -0.25) is 4.79 Å². The summed E-state index contributed by atoms with van der Waals surface area (Å²) >= 11 is 1.88. The van der Waals surface area contributed by atoms with Gasteiger partial charge in [-0.05, 0) is 50.4 Å². The van der Waals surface area contributed by atoms with Gasteiger partial charge in [0.25, 0.3) is 0 Å². The van der Waals surface area contributed by atoms with E-state index in [9.17, 15) is 4.79 Å². The lowest BCUT2D eigenvalue weighted by atomic mass is 9.85. The molecule has 0 spiro atoms. The zero-order valence-electron chi connectivity index (χ0n) is 12.0. The molecule has 1 fully saturated rings. The first-order chi connectivity index (χ1) is 8.63. The van der Waals surface area contributed by atoms with Crippen LogP contribution >= 0.6 is 11.8 Å². The summed E-state index contributed by atoms with van der Waals surface area (Å²) in [4.78, 5) is 11.9. The van der Waals surface area contributed by atoms with Crippen molar-refractivity contribution in [2.75, 3.05) is 24.6 Å². The second-order valence-corrected chi connectivity index (χ2v) is 6.73. The van der Waals surface area contributed by atoms with Crippen LogP contribution in [-0.4, -0.2) is 36.5 Å². The fraction of sp³-hybridized carbons (Fsp3) is 0.929. The minimum Gasteiger partial charge on any atom is -0.353 e. The maximum atomic E-state index is 11.9. The number of hydrogen-bond donors (Lipinski definition) is 2. The summed E-state index contributed by atoms with van der Waals surface area (Å²) in [6.07, 6.45) is 3.19. The van der Waals surface area contributed by atoms with Crippen molar-refractivity contribution in [3.8, 4) is 0 Å². The topological polar surface area (TPSA) is 41.1 Å². The molecule has 3 nitrogen and oxygen atoms in total. The highest BCUT2D eigenvalue weighted by atomic mass is 32.2. The molecule has 2 N–H and O–H groups in total. The monoisotopic (exact) mass is 272 g/mol. The first-order valence-corrected chi connectivity index (χ1v) is 8.36. The number of thioether (sulfide) groups is 1. The van der Waals surface area contributed by atoms with E-state index in [0.29, 0.717) is 24.3 Å². The van der Waals surface area contributed by atoms with Crippen LogP contribution in [0.25, 0.3) is 0 Å². The van der Waals surface area contributed by atoms with E-state index < -0.39 is 0 Å². The van der Waals surface area contributed by atoms with E-state index in [4.69, 9.17) is 0 Å². The van der Waals surface area contributed by atoms with E-state index in [1.165, 1.54) is 12.8 Å². The molecule has 0 bridgehead atoms. The third kappa shape index (κ3) is 6.10. The molecule has 3 atom stereocenters. The molecule has 0 saturated carbocycles.